The largest absolute Gasteiger partial charge is 0.480 e. The average Bonchev–Trinajstić information content (AvgIpc) is 2.28. The third-order valence-corrected chi connectivity index (χ3v) is 2.65. The lowest BCUT2D eigenvalue weighted by Gasteiger charge is -2.37. The Balaban J connectivity index is 2.59. The van der Waals surface area contributed by atoms with Gasteiger partial charge in [0.2, 0.25) is 0 Å². The number of hydrogen-bond acceptors (Lipinski definition) is 4. The number of aliphatic hydroxyl groups excluding tert-OH is 1. The first-order chi connectivity index (χ1) is 7.95. The molecule has 0 saturated carbocycles. The number of urea groups is 1. The van der Waals surface area contributed by atoms with Gasteiger partial charge in [0, 0.05) is 6.54 Å². The Morgan fingerprint density at radius 3 is 2.71 bits per heavy atom. The molecule has 1 saturated heterocycles. The molecule has 2 amide bonds. The predicted molar refractivity (Wildman–Crippen MR) is 58.6 cm³/mol. The zero-order valence-electron chi connectivity index (χ0n) is 9.92. The third-order valence-electron chi connectivity index (χ3n) is 2.65. The van der Waals surface area contributed by atoms with E-state index in [1.54, 1.807) is 0 Å². The second-order valence-electron chi connectivity index (χ2n) is 4.17. The number of carboxylic acid groups (broad SMARTS) is 1. The zero-order valence-corrected chi connectivity index (χ0v) is 9.92. The molecule has 2 unspecified atom stereocenters. The summed E-state index contributed by atoms with van der Waals surface area (Å²) in [5, 5.41) is 19.8. The van der Waals surface area contributed by atoms with Crippen molar-refractivity contribution in [3.63, 3.8) is 0 Å². The van der Waals surface area contributed by atoms with Crippen LogP contribution in [0.15, 0.2) is 0 Å². The molecule has 1 aliphatic rings. The Morgan fingerprint density at radius 2 is 2.18 bits per heavy atom. The van der Waals surface area contributed by atoms with Crippen molar-refractivity contribution in [2.45, 2.75) is 32.0 Å². The second kappa shape index (κ2) is 5.83. The number of aliphatic carboxylic acids is 1. The zero-order chi connectivity index (χ0) is 13.0. The highest BCUT2D eigenvalue weighted by Crippen LogP contribution is 2.11. The number of aliphatic hydroxyl groups is 1. The lowest BCUT2D eigenvalue weighted by molar-refractivity contribution is -0.140. The van der Waals surface area contributed by atoms with Gasteiger partial charge in [-0.15, -0.1) is 0 Å². The molecule has 1 fully saturated rings. The Kier molecular flexibility index (Phi) is 4.71. The molecular weight excluding hydrogens is 228 g/mol. The van der Waals surface area contributed by atoms with Crippen LogP contribution in [0.1, 0.15) is 13.8 Å². The van der Waals surface area contributed by atoms with Crippen LogP contribution in [-0.4, -0.2) is 65.1 Å². The van der Waals surface area contributed by atoms with Gasteiger partial charge in [-0.3, -0.25) is 0 Å². The topological polar surface area (TPSA) is 99.1 Å². The highest BCUT2D eigenvalue weighted by atomic mass is 16.5. The number of nitrogens with one attached hydrogen (secondary N) is 1. The Hall–Kier alpha value is -1.34. The second-order valence-corrected chi connectivity index (χ2v) is 4.17. The van der Waals surface area contributed by atoms with Crippen molar-refractivity contribution in [2.24, 2.45) is 0 Å². The van der Waals surface area contributed by atoms with Crippen molar-refractivity contribution >= 4 is 12.0 Å². The lowest BCUT2D eigenvalue weighted by atomic mass is 10.2. The van der Waals surface area contributed by atoms with Crippen molar-refractivity contribution in [1.29, 1.82) is 0 Å². The molecule has 3 atom stereocenters. The van der Waals surface area contributed by atoms with Crippen LogP contribution in [0, 0.1) is 0 Å². The summed E-state index contributed by atoms with van der Waals surface area (Å²) in [4.78, 5) is 24.0. The number of carbonyl (C=O) groups is 2. The molecule has 3 N–H and O–H groups in total. The van der Waals surface area contributed by atoms with Crippen LogP contribution >= 0.6 is 0 Å². The van der Waals surface area contributed by atoms with E-state index >= 15 is 0 Å². The SMILES string of the molecule is CC1CN(C(=O)N[C@@H](CO)C(=O)O)C(C)CO1. The molecule has 0 aliphatic carbocycles. The predicted octanol–water partition coefficient (Wildman–Crippen LogP) is -0.749. The Morgan fingerprint density at radius 1 is 1.53 bits per heavy atom. The molecule has 0 aromatic carbocycles. The summed E-state index contributed by atoms with van der Waals surface area (Å²) in [5.41, 5.74) is 0. The van der Waals surface area contributed by atoms with Gasteiger partial charge in [-0.25, -0.2) is 9.59 Å². The molecule has 0 radical (unpaired) electrons. The fourth-order valence-corrected chi connectivity index (χ4v) is 1.60. The molecule has 1 heterocycles. The fraction of sp³-hybridized carbons (Fsp3) is 0.800. The molecule has 0 bridgehead atoms. The summed E-state index contributed by atoms with van der Waals surface area (Å²) >= 11 is 0. The van der Waals surface area contributed by atoms with E-state index in [1.807, 2.05) is 13.8 Å². The molecule has 98 valence electrons. The number of amides is 2. The van der Waals surface area contributed by atoms with Crippen LogP contribution in [0.4, 0.5) is 4.79 Å². The summed E-state index contributed by atoms with van der Waals surface area (Å²) in [7, 11) is 0. The summed E-state index contributed by atoms with van der Waals surface area (Å²) in [6.07, 6.45) is -0.0747. The van der Waals surface area contributed by atoms with E-state index in [0.29, 0.717) is 13.2 Å². The molecular formula is C10H18N2O5. The van der Waals surface area contributed by atoms with Gasteiger partial charge in [-0.1, -0.05) is 0 Å². The quantitative estimate of drug-likeness (QED) is 0.608. The van der Waals surface area contributed by atoms with Crippen LogP contribution in [-0.2, 0) is 9.53 Å². The average molecular weight is 246 g/mol. The number of rotatable bonds is 3. The number of ether oxygens (including phenoxy) is 1. The monoisotopic (exact) mass is 246 g/mol. The molecule has 1 rings (SSSR count). The van der Waals surface area contributed by atoms with Crippen LogP contribution in [0.3, 0.4) is 0 Å². The molecule has 0 aromatic rings. The van der Waals surface area contributed by atoms with Crippen molar-refractivity contribution in [1.82, 2.24) is 10.2 Å². The van der Waals surface area contributed by atoms with Crippen LogP contribution in [0.5, 0.6) is 0 Å². The minimum absolute atomic E-state index is 0.0747. The highest BCUT2D eigenvalue weighted by molar-refractivity contribution is 5.82. The summed E-state index contributed by atoms with van der Waals surface area (Å²) in [6, 6.07) is -1.87. The lowest BCUT2D eigenvalue weighted by Crippen LogP contribution is -2.57. The van der Waals surface area contributed by atoms with Gasteiger partial charge < -0.3 is 25.2 Å². The number of carboxylic acids is 1. The van der Waals surface area contributed by atoms with Gasteiger partial charge in [-0.2, -0.15) is 0 Å². The third kappa shape index (κ3) is 3.57. The van der Waals surface area contributed by atoms with Crippen molar-refractivity contribution < 1.29 is 24.5 Å². The smallest absolute Gasteiger partial charge is 0.328 e. The van der Waals surface area contributed by atoms with E-state index in [0.717, 1.165) is 0 Å². The first-order valence-corrected chi connectivity index (χ1v) is 5.48. The molecule has 7 heteroatoms. The van der Waals surface area contributed by atoms with Crippen LogP contribution < -0.4 is 5.32 Å². The maximum absolute atomic E-state index is 11.8. The maximum atomic E-state index is 11.8. The highest BCUT2D eigenvalue weighted by Gasteiger charge is 2.29. The van der Waals surface area contributed by atoms with Crippen LogP contribution in [0.25, 0.3) is 0 Å². The minimum atomic E-state index is -1.27. The standard InChI is InChI=1S/C10H18N2O5/c1-6-5-17-7(2)3-12(6)10(16)11-8(4-13)9(14)15/h6-8,13H,3-5H2,1-2H3,(H,11,16)(H,14,15)/t6?,7?,8-/m0/s1. The summed E-state index contributed by atoms with van der Waals surface area (Å²) < 4.78 is 5.36. The van der Waals surface area contributed by atoms with Gasteiger partial charge in [0.15, 0.2) is 6.04 Å². The van der Waals surface area contributed by atoms with Gasteiger partial charge in [0.05, 0.1) is 25.4 Å². The molecule has 0 aromatic heterocycles. The van der Waals surface area contributed by atoms with Gasteiger partial charge in [-0.05, 0) is 13.8 Å². The minimum Gasteiger partial charge on any atom is -0.480 e. The summed E-state index contributed by atoms with van der Waals surface area (Å²) in [6.45, 7) is 3.86. The Labute approximate surface area is 99.4 Å². The Bertz CT molecular complexity index is 296. The fourth-order valence-electron chi connectivity index (χ4n) is 1.60. The molecule has 7 nitrogen and oxygen atoms in total. The van der Waals surface area contributed by atoms with Gasteiger partial charge >= 0.3 is 12.0 Å². The van der Waals surface area contributed by atoms with Crippen molar-refractivity contribution in [3.05, 3.63) is 0 Å². The maximum Gasteiger partial charge on any atom is 0.328 e. The first kappa shape index (κ1) is 13.7. The first-order valence-electron chi connectivity index (χ1n) is 5.48. The molecule has 1 aliphatic heterocycles. The number of hydrogen-bond donors (Lipinski definition) is 3. The van der Waals surface area contributed by atoms with Crippen molar-refractivity contribution in [2.75, 3.05) is 19.8 Å². The number of carbonyl (C=O) groups excluding carboxylic acids is 1. The molecule has 17 heavy (non-hydrogen) atoms. The normalized spacial score (nSPS) is 26.4. The molecule has 0 spiro atoms. The van der Waals surface area contributed by atoms with E-state index in [-0.39, 0.29) is 12.1 Å². The van der Waals surface area contributed by atoms with E-state index < -0.39 is 24.6 Å². The number of morpholine rings is 1. The van der Waals surface area contributed by atoms with E-state index in [4.69, 9.17) is 14.9 Å². The number of nitrogens with zero attached hydrogens (tertiary/aromatic N) is 1. The van der Waals surface area contributed by atoms with E-state index in [1.165, 1.54) is 4.90 Å². The van der Waals surface area contributed by atoms with E-state index in [9.17, 15) is 9.59 Å². The summed E-state index contributed by atoms with van der Waals surface area (Å²) in [5.74, 6) is -1.25. The van der Waals surface area contributed by atoms with Gasteiger partial charge in [0.1, 0.15) is 0 Å². The van der Waals surface area contributed by atoms with Gasteiger partial charge in [0.25, 0.3) is 0 Å². The van der Waals surface area contributed by atoms with Crippen molar-refractivity contribution in [3.8, 4) is 0 Å². The van der Waals surface area contributed by atoms with Crippen LogP contribution in [0.2, 0.25) is 0 Å². The van der Waals surface area contributed by atoms with E-state index in [2.05, 4.69) is 5.32 Å².